The van der Waals surface area contributed by atoms with Gasteiger partial charge in [0.05, 0.1) is 27.1 Å². The maximum atomic E-state index is 12.8. The molecule has 5 nitrogen and oxygen atoms in total. The Morgan fingerprint density at radius 2 is 1.69 bits per heavy atom. The molecule has 0 saturated carbocycles. The van der Waals surface area contributed by atoms with Gasteiger partial charge in [0.2, 0.25) is 9.84 Å². The summed E-state index contributed by atoms with van der Waals surface area (Å²) in [5.74, 6) is 0. The Morgan fingerprint density at radius 1 is 0.962 bits per heavy atom. The molecule has 1 aromatic heterocycles. The standard InChI is InChI=1S/C20H20N2O3S/c23-16-9-11-22(12-10-16)19-8-4-5-15-13-18(14-21-20(15)19)26(24,25)17-6-2-1-3-7-17/h1-8,13-14,16,23H,9-12H2. The number of para-hydroxylation sites is 1. The fourth-order valence-electron chi connectivity index (χ4n) is 3.37. The zero-order chi connectivity index (χ0) is 18.1. The fourth-order valence-corrected chi connectivity index (χ4v) is 4.63. The Hall–Kier alpha value is -2.44. The minimum absolute atomic E-state index is 0.197. The van der Waals surface area contributed by atoms with Crippen molar-refractivity contribution in [2.75, 3.05) is 18.0 Å². The molecule has 0 amide bonds. The first kappa shape index (κ1) is 17.0. The topological polar surface area (TPSA) is 70.5 Å². The lowest BCUT2D eigenvalue weighted by Gasteiger charge is -2.31. The summed E-state index contributed by atoms with van der Waals surface area (Å²) in [4.78, 5) is 7.15. The average Bonchev–Trinajstić information content (AvgIpc) is 2.68. The van der Waals surface area contributed by atoms with E-state index >= 15 is 0 Å². The van der Waals surface area contributed by atoms with E-state index in [4.69, 9.17) is 0 Å². The quantitative estimate of drug-likeness (QED) is 0.769. The van der Waals surface area contributed by atoms with Crippen molar-refractivity contribution in [1.82, 2.24) is 4.98 Å². The first-order valence-corrected chi connectivity index (χ1v) is 10.2. The number of anilines is 1. The molecule has 3 aromatic rings. The summed E-state index contributed by atoms with van der Waals surface area (Å²) in [7, 11) is -3.58. The maximum Gasteiger partial charge on any atom is 0.208 e. The Kier molecular flexibility index (Phi) is 4.38. The monoisotopic (exact) mass is 368 g/mol. The van der Waals surface area contributed by atoms with Gasteiger partial charge in [-0.2, -0.15) is 0 Å². The molecule has 2 aromatic carbocycles. The van der Waals surface area contributed by atoms with Crippen molar-refractivity contribution in [3.63, 3.8) is 0 Å². The third kappa shape index (κ3) is 3.06. The number of hydrogen-bond acceptors (Lipinski definition) is 5. The van der Waals surface area contributed by atoms with Crippen molar-refractivity contribution in [1.29, 1.82) is 0 Å². The number of piperidine rings is 1. The molecule has 2 heterocycles. The molecular formula is C20H20N2O3S. The molecule has 0 atom stereocenters. The van der Waals surface area contributed by atoms with Gasteiger partial charge in [0.15, 0.2) is 0 Å². The van der Waals surface area contributed by atoms with E-state index in [2.05, 4.69) is 9.88 Å². The van der Waals surface area contributed by atoms with Crippen LogP contribution in [0.2, 0.25) is 0 Å². The molecule has 1 aliphatic heterocycles. The number of rotatable bonds is 3. The normalized spacial score (nSPS) is 16.1. The minimum Gasteiger partial charge on any atom is -0.393 e. The predicted octanol–water partition coefficient (Wildman–Crippen LogP) is 3.03. The lowest BCUT2D eigenvalue weighted by atomic mass is 10.1. The summed E-state index contributed by atoms with van der Waals surface area (Å²) in [5, 5.41) is 10.5. The van der Waals surface area contributed by atoms with Crippen LogP contribution < -0.4 is 4.90 Å². The zero-order valence-electron chi connectivity index (χ0n) is 14.2. The van der Waals surface area contributed by atoms with Crippen LogP contribution in [-0.4, -0.2) is 37.7 Å². The highest BCUT2D eigenvalue weighted by Crippen LogP contribution is 2.30. The summed E-state index contributed by atoms with van der Waals surface area (Å²) in [6, 6.07) is 15.9. The molecule has 0 spiro atoms. The smallest absolute Gasteiger partial charge is 0.208 e. The van der Waals surface area contributed by atoms with E-state index < -0.39 is 9.84 Å². The van der Waals surface area contributed by atoms with Crippen LogP contribution in [0.4, 0.5) is 5.69 Å². The number of aliphatic hydroxyl groups excluding tert-OH is 1. The summed E-state index contributed by atoms with van der Waals surface area (Å²) in [5.41, 5.74) is 1.77. The summed E-state index contributed by atoms with van der Waals surface area (Å²) >= 11 is 0. The number of nitrogens with zero attached hydrogens (tertiary/aromatic N) is 2. The Balaban J connectivity index is 1.75. The van der Waals surface area contributed by atoms with Crippen LogP contribution in [0.5, 0.6) is 0 Å². The van der Waals surface area contributed by atoms with Gasteiger partial charge < -0.3 is 10.0 Å². The molecule has 26 heavy (non-hydrogen) atoms. The van der Waals surface area contributed by atoms with Crippen LogP contribution in [0.25, 0.3) is 10.9 Å². The van der Waals surface area contributed by atoms with Crippen LogP contribution in [0, 0.1) is 0 Å². The molecule has 6 heteroatoms. The number of sulfone groups is 1. The second kappa shape index (κ2) is 6.70. The van der Waals surface area contributed by atoms with Gasteiger partial charge in [-0.15, -0.1) is 0 Å². The summed E-state index contributed by atoms with van der Waals surface area (Å²) in [6.45, 7) is 1.54. The van der Waals surface area contributed by atoms with Crippen molar-refractivity contribution >= 4 is 26.4 Å². The van der Waals surface area contributed by atoms with E-state index in [1.165, 1.54) is 6.20 Å². The Labute approximate surface area is 152 Å². The van der Waals surface area contributed by atoms with Crippen LogP contribution in [-0.2, 0) is 9.84 Å². The molecule has 0 aliphatic carbocycles. The number of fused-ring (bicyclic) bond motifs is 1. The molecule has 0 bridgehead atoms. The molecule has 1 N–H and O–H groups in total. The van der Waals surface area contributed by atoms with Gasteiger partial charge in [-0.25, -0.2) is 8.42 Å². The van der Waals surface area contributed by atoms with E-state index in [9.17, 15) is 13.5 Å². The van der Waals surface area contributed by atoms with Crippen LogP contribution in [0.3, 0.4) is 0 Å². The fraction of sp³-hybridized carbons (Fsp3) is 0.250. The molecular weight excluding hydrogens is 348 g/mol. The van der Waals surface area contributed by atoms with Gasteiger partial charge in [-0.05, 0) is 37.1 Å². The van der Waals surface area contributed by atoms with E-state index in [0.717, 1.165) is 42.5 Å². The number of aliphatic hydroxyl groups is 1. The van der Waals surface area contributed by atoms with E-state index in [1.54, 1.807) is 36.4 Å². The molecule has 1 saturated heterocycles. The number of pyridine rings is 1. The molecule has 0 radical (unpaired) electrons. The van der Waals surface area contributed by atoms with E-state index in [1.807, 2.05) is 18.2 Å². The highest BCUT2D eigenvalue weighted by molar-refractivity contribution is 7.91. The zero-order valence-corrected chi connectivity index (χ0v) is 15.1. The third-order valence-corrected chi connectivity index (χ3v) is 6.57. The summed E-state index contributed by atoms with van der Waals surface area (Å²) < 4.78 is 25.6. The third-order valence-electron chi connectivity index (χ3n) is 4.83. The van der Waals surface area contributed by atoms with Gasteiger partial charge in [-0.3, -0.25) is 4.98 Å². The Morgan fingerprint density at radius 3 is 2.42 bits per heavy atom. The van der Waals surface area contributed by atoms with Gasteiger partial charge >= 0.3 is 0 Å². The van der Waals surface area contributed by atoms with Gasteiger partial charge in [-0.1, -0.05) is 30.3 Å². The van der Waals surface area contributed by atoms with E-state index in [-0.39, 0.29) is 15.9 Å². The second-order valence-electron chi connectivity index (χ2n) is 6.55. The largest absolute Gasteiger partial charge is 0.393 e. The average molecular weight is 368 g/mol. The number of aromatic nitrogens is 1. The molecule has 134 valence electrons. The van der Waals surface area contributed by atoms with Crippen molar-refractivity contribution in [3.05, 3.63) is 60.8 Å². The second-order valence-corrected chi connectivity index (χ2v) is 8.50. The first-order valence-electron chi connectivity index (χ1n) is 8.67. The van der Waals surface area contributed by atoms with Gasteiger partial charge in [0, 0.05) is 24.7 Å². The van der Waals surface area contributed by atoms with Gasteiger partial charge in [0.1, 0.15) is 0 Å². The molecule has 1 fully saturated rings. The van der Waals surface area contributed by atoms with Crippen LogP contribution in [0.1, 0.15) is 12.8 Å². The lowest BCUT2D eigenvalue weighted by molar-refractivity contribution is 0.145. The van der Waals surface area contributed by atoms with Crippen LogP contribution >= 0.6 is 0 Å². The highest BCUT2D eigenvalue weighted by Gasteiger charge is 2.21. The SMILES string of the molecule is O=S(=O)(c1ccccc1)c1cnc2c(N3CCC(O)CC3)cccc2c1. The van der Waals surface area contributed by atoms with Gasteiger partial charge in [0.25, 0.3) is 0 Å². The molecule has 0 unspecified atom stereocenters. The first-order chi connectivity index (χ1) is 12.6. The number of hydrogen-bond donors (Lipinski definition) is 1. The maximum absolute atomic E-state index is 12.8. The van der Waals surface area contributed by atoms with Crippen molar-refractivity contribution in [2.45, 2.75) is 28.7 Å². The Bertz CT molecular complexity index is 1030. The van der Waals surface area contributed by atoms with Crippen molar-refractivity contribution in [2.24, 2.45) is 0 Å². The predicted molar refractivity (Wildman–Crippen MR) is 101 cm³/mol. The highest BCUT2D eigenvalue weighted by atomic mass is 32.2. The minimum atomic E-state index is -3.58. The summed E-state index contributed by atoms with van der Waals surface area (Å²) in [6.07, 6.45) is 2.66. The molecule has 4 rings (SSSR count). The van der Waals surface area contributed by atoms with E-state index in [0.29, 0.717) is 0 Å². The van der Waals surface area contributed by atoms with Crippen molar-refractivity contribution < 1.29 is 13.5 Å². The van der Waals surface area contributed by atoms with Crippen molar-refractivity contribution in [3.8, 4) is 0 Å². The lowest BCUT2D eigenvalue weighted by Crippen LogP contribution is -2.35. The van der Waals surface area contributed by atoms with Crippen LogP contribution in [0.15, 0.2) is 70.6 Å². The molecule has 1 aliphatic rings. The number of benzene rings is 2.